The lowest BCUT2D eigenvalue weighted by molar-refractivity contribution is -0.133. The minimum Gasteiger partial charge on any atom is -0.464 e. The van der Waals surface area contributed by atoms with E-state index in [0.717, 1.165) is 23.0 Å². The van der Waals surface area contributed by atoms with E-state index in [0.29, 0.717) is 37.8 Å². The Hall–Kier alpha value is -4.06. The van der Waals surface area contributed by atoms with E-state index in [1.807, 2.05) is 63.2 Å². The number of ketones is 1. The normalized spacial score (nSPS) is 20.1. The Morgan fingerprint density at radius 2 is 1.72 bits per heavy atom. The van der Waals surface area contributed by atoms with Crippen molar-refractivity contribution in [2.75, 3.05) is 5.32 Å². The first-order valence-corrected chi connectivity index (χ1v) is 16.3. The van der Waals surface area contributed by atoms with E-state index in [9.17, 15) is 19.2 Å². The van der Waals surface area contributed by atoms with Crippen LogP contribution in [0, 0.1) is 11.8 Å². The summed E-state index contributed by atoms with van der Waals surface area (Å²) >= 11 is 0. The van der Waals surface area contributed by atoms with Gasteiger partial charge in [0.05, 0.1) is 30.6 Å². The number of furan rings is 1. The minimum absolute atomic E-state index is 0.0951. The number of benzene rings is 2. The number of carbonyl (C=O) groups excluding carboxylic acids is 4. The molecule has 11 heteroatoms. The van der Waals surface area contributed by atoms with Crippen LogP contribution in [0.4, 0.5) is 5.69 Å². The molecule has 0 bridgehead atoms. The predicted octanol–water partition coefficient (Wildman–Crippen LogP) is 3.37. The van der Waals surface area contributed by atoms with Crippen molar-refractivity contribution >= 4 is 40.2 Å². The first kappa shape index (κ1) is 34.8. The smallest absolute Gasteiger partial charge is 0.243 e. The summed E-state index contributed by atoms with van der Waals surface area (Å²) in [4.78, 5) is 53.9. The summed E-state index contributed by atoms with van der Waals surface area (Å²) in [6.45, 7) is 5.93. The fourth-order valence-corrected chi connectivity index (χ4v) is 5.93. The van der Waals surface area contributed by atoms with Crippen molar-refractivity contribution in [3.63, 3.8) is 0 Å². The monoisotopic (exact) mass is 632 g/mol. The van der Waals surface area contributed by atoms with E-state index in [2.05, 4.69) is 21.3 Å². The van der Waals surface area contributed by atoms with Gasteiger partial charge < -0.3 is 31.8 Å². The number of nitrogens with two attached hydrogens (primary N) is 2. The van der Waals surface area contributed by atoms with E-state index in [1.165, 1.54) is 0 Å². The number of hydrogen-bond acceptors (Lipinski definition) is 8. The standard InChI is InChI=1S/C35H48N6O5/c1-4-5-11-27(40-35(45)29(16-21(2)3)41-34(44)26(36)17-22-9-7-6-8-10-22)32(42)28-19-24(20-31(37)39-28)33(43)38-25-12-13-30-23(18-25)14-15-46-30/h6-10,12-15,18,21,24,26-29,31,39H,4-5,11,16-17,19-20,36-37H2,1-3H3,(H,38,43)(H,40,45)(H,41,44)/t24?,26-,27-,28-,29-,31?/m1/s1. The summed E-state index contributed by atoms with van der Waals surface area (Å²) in [6.07, 6.45) is 4.29. The van der Waals surface area contributed by atoms with Gasteiger partial charge in [0.15, 0.2) is 5.78 Å². The lowest BCUT2D eigenvalue weighted by atomic mass is 9.85. The second-order valence-corrected chi connectivity index (χ2v) is 12.7. The van der Waals surface area contributed by atoms with Crippen LogP contribution < -0.4 is 32.7 Å². The maximum Gasteiger partial charge on any atom is 0.243 e. The lowest BCUT2D eigenvalue weighted by Crippen LogP contribution is -2.60. The molecule has 2 aromatic carbocycles. The Labute approximate surface area is 270 Å². The molecule has 1 fully saturated rings. The average molecular weight is 633 g/mol. The molecule has 0 aliphatic carbocycles. The van der Waals surface area contributed by atoms with Gasteiger partial charge in [0.1, 0.15) is 11.6 Å². The van der Waals surface area contributed by atoms with Crippen molar-refractivity contribution in [3.8, 4) is 0 Å². The van der Waals surface area contributed by atoms with Gasteiger partial charge in [0.25, 0.3) is 0 Å². The van der Waals surface area contributed by atoms with Gasteiger partial charge in [0, 0.05) is 17.0 Å². The summed E-state index contributed by atoms with van der Waals surface area (Å²) < 4.78 is 5.38. The van der Waals surface area contributed by atoms with Crippen LogP contribution in [-0.4, -0.2) is 53.8 Å². The Morgan fingerprint density at radius 1 is 0.978 bits per heavy atom. The van der Waals surface area contributed by atoms with Crippen LogP contribution in [0.25, 0.3) is 11.0 Å². The first-order valence-electron chi connectivity index (χ1n) is 16.3. The number of carbonyl (C=O) groups is 4. The maximum atomic E-state index is 13.9. The van der Waals surface area contributed by atoms with Gasteiger partial charge in [-0.25, -0.2) is 0 Å². The highest BCUT2D eigenvalue weighted by molar-refractivity contribution is 5.98. The highest BCUT2D eigenvalue weighted by Gasteiger charge is 2.38. The number of rotatable bonds is 15. The van der Waals surface area contributed by atoms with Gasteiger partial charge in [-0.2, -0.15) is 0 Å². The molecular weight excluding hydrogens is 584 g/mol. The molecule has 0 spiro atoms. The molecule has 4 rings (SSSR count). The molecule has 46 heavy (non-hydrogen) atoms. The van der Waals surface area contributed by atoms with Crippen LogP contribution >= 0.6 is 0 Å². The minimum atomic E-state index is -0.862. The molecule has 3 aromatic rings. The average Bonchev–Trinajstić information content (AvgIpc) is 3.50. The quantitative estimate of drug-likeness (QED) is 0.147. The third-order valence-electron chi connectivity index (χ3n) is 8.39. The van der Waals surface area contributed by atoms with E-state index in [-0.39, 0.29) is 24.0 Å². The summed E-state index contributed by atoms with van der Waals surface area (Å²) in [5.41, 5.74) is 14.8. The second kappa shape index (κ2) is 16.5. The fraction of sp³-hybridized carbons (Fsp3) is 0.486. The van der Waals surface area contributed by atoms with Crippen LogP contribution in [0.3, 0.4) is 0 Å². The van der Waals surface area contributed by atoms with Crippen LogP contribution in [0.15, 0.2) is 65.3 Å². The van der Waals surface area contributed by atoms with Crippen molar-refractivity contribution in [2.45, 2.75) is 96.1 Å². The molecule has 248 valence electrons. The Balaban J connectivity index is 1.42. The van der Waals surface area contributed by atoms with Crippen molar-refractivity contribution in [1.29, 1.82) is 0 Å². The molecule has 1 aromatic heterocycles. The van der Waals surface area contributed by atoms with Crippen molar-refractivity contribution in [3.05, 3.63) is 66.4 Å². The third-order valence-corrected chi connectivity index (χ3v) is 8.39. The number of anilines is 1. The van der Waals surface area contributed by atoms with Crippen LogP contribution in [0.1, 0.15) is 64.9 Å². The Kier molecular flexibility index (Phi) is 12.5. The number of Topliss-reactive ketones (excluding diaryl/α,β-unsaturated/α-hetero) is 1. The summed E-state index contributed by atoms with van der Waals surface area (Å²) in [7, 11) is 0. The molecule has 2 unspecified atom stereocenters. The van der Waals surface area contributed by atoms with Gasteiger partial charge in [0.2, 0.25) is 17.7 Å². The fourth-order valence-electron chi connectivity index (χ4n) is 5.93. The molecule has 0 saturated carbocycles. The van der Waals surface area contributed by atoms with Crippen LogP contribution in [-0.2, 0) is 25.6 Å². The van der Waals surface area contributed by atoms with Crippen molar-refractivity contribution < 1.29 is 23.6 Å². The Bertz CT molecular complexity index is 1470. The zero-order valence-electron chi connectivity index (χ0n) is 27.0. The second-order valence-electron chi connectivity index (χ2n) is 12.7. The largest absolute Gasteiger partial charge is 0.464 e. The first-order chi connectivity index (χ1) is 22.0. The van der Waals surface area contributed by atoms with E-state index < -0.39 is 48.1 Å². The SMILES string of the molecule is CCCC[C@@H](NC(=O)[C@@H](CC(C)C)NC(=O)[C@H](N)Cc1ccccc1)C(=O)[C@H]1CC(C(=O)Nc2ccc3occc3c2)CC(N)N1. The number of amides is 3. The van der Waals surface area contributed by atoms with Gasteiger partial charge in [-0.3, -0.25) is 24.5 Å². The number of hydrogen-bond donors (Lipinski definition) is 6. The van der Waals surface area contributed by atoms with Crippen molar-refractivity contribution in [2.24, 2.45) is 23.3 Å². The number of fused-ring (bicyclic) bond motifs is 1. The van der Waals surface area contributed by atoms with Crippen LogP contribution in [0.2, 0.25) is 0 Å². The highest BCUT2D eigenvalue weighted by Crippen LogP contribution is 2.25. The zero-order chi connectivity index (χ0) is 33.2. The summed E-state index contributed by atoms with van der Waals surface area (Å²) in [5, 5.41) is 12.7. The number of piperidine rings is 1. The predicted molar refractivity (Wildman–Crippen MR) is 178 cm³/mol. The molecule has 1 saturated heterocycles. The molecule has 11 nitrogen and oxygen atoms in total. The molecule has 1 aliphatic heterocycles. The summed E-state index contributed by atoms with van der Waals surface area (Å²) in [5.74, 6) is -1.73. The molecule has 8 N–H and O–H groups in total. The molecule has 3 amide bonds. The van der Waals surface area contributed by atoms with E-state index in [1.54, 1.807) is 18.4 Å². The number of unbranched alkanes of at least 4 members (excludes halogenated alkanes) is 1. The van der Waals surface area contributed by atoms with Gasteiger partial charge in [-0.15, -0.1) is 0 Å². The van der Waals surface area contributed by atoms with E-state index in [4.69, 9.17) is 15.9 Å². The van der Waals surface area contributed by atoms with Gasteiger partial charge in [-0.1, -0.05) is 63.9 Å². The van der Waals surface area contributed by atoms with Gasteiger partial charge >= 0.3 is 0 Å². The molecule has 6 atom stereocenters. The Morgan fingerprint density at radius 3 is 2.43 bits per heavy atom. The lowest BCUT2D eigenvalue weighted by Gasteiger charge is -2.35. The van der Waals surface area contributed by atoms with E-state index >= 15 is 0 Å². The topological polar surface area (TPSA) is 182 Å². The molecule has 2 heterocycles. The highest BCUT2D eigenvalue weighted by atomic mass is 16.3. The molecule has 1 aliphatic rings. The number of nitrogens with one attached hydrogen (secondary N) is 4. The van der Waals surface area contributed by atoms with Gasteiger partial charge in [-0.05, 0) is 67.9 Å². The summed E-state index contributed by atoms with van der Waals surface area (Å²) in [6, 6.07) is 13.4. The van der Waals surface area contributed by atoms with Crippen molar-refractivity contribution in [1.82, 2.24) is 16.0 Å². The van der Waals surface area contributed by atoms with Crippen LogP contribution in [0.5, 0.6) is 0 Å². The zero-order valence-corrected chi connectivity index (χ0v) is 27.0. The molecular formula is C35H48N6O5. The molecule has 0 radical (unpaired) electrons. The third kappa shape index (κ3) is 9.72. The maximum absolute atomic E-state index is 13.9.